The summed E-state index contributed by atoms with van der Waals surface area (Å²) in [5, 5.41) is 19.7. The van der Waals surface area contributed by atoms with Gasteiger partial charge in [-0.05, 0) is 108 Å². The molecule has 226 valence electrons. The number of nitriles is 1. The first kappa shape index (κ1) is 27.4. The van der Waals surface area contributed by atoms with E-state index in [1.807, 2.05) is 18.2 Å². The van der Waals surface area contributed by atoms with E-state index in [0.29, 0.717) is 5.56 Å². The van der Waals surface area contributed by atoms with Crippen LogP contribution in [0, 0.1) is 11.3 Å². The lowest BCUT2D eigenvalue weighted by atomic mass is 9.87. The Labute approximate surface area is 283 Å². The normalized spacial score (nSPS) is 11.7. The van der Waals surface area contributed by atoms with Gasteiger partial charge in [0, 0.05) is 16.5 Å². The zero-order valence-corrected chi connectivity index (χ0v) is 26.6. The SMILES string of the molecule is N#Cc1ccc2c(c1)c1cc(-c3ccc(-c4ccc5ccc6c(-c7ccccc7)ccc7ccc4c5c76)cc3)ccc1n2-c1ccccc1. The molecule has 1 heterocycles. The largest absolute Gasteiger partial charge is 0.309 e. The monoisotopic (exact) mass is 620 g/mol. The number of benzene rings is 9. The second kappa shape index (κ2) is 10.7. The van der Waals surface area contributed by atoms with Gasteiger partial charge in [0.1, 0.15) is 0 Å². The highest BCUT2D eigenvalue weighted by Gasteiger charge is 2.16. The molecule has 2 heteroatoms. The fourth-order valence-electron chi connectivity index (χ4n) is 7.89. The quantitative estimate of drug-likeness (QED) is 0.180. The molecule has 0 aliphatic carbocycles. The summed E-state index contributed by atoms with van der Waals surface area (Å²) in [6, 6.07) is 63.3. The highest BCUT2D eigenvalue weighted by atomic mass is 15.0. The van der Waals surface area contributed by atoms with Gasteiger partial charge in [0.15, 0.2) is 0 Å². The van der Waals surface area contributed by atoms with Crippen LogP contribution in [0.15, 0.2) is 170 Å². The number of hydrogen-bond donors (Lipinski definition) is 0. The van der Waals surface area contributed by atoms with Crippen molar-refractivity contribution in [3.63, 3.8) is 0 Å². The Morgan fingerprint density at radius 2 is 0.898 bits per heavy atom. The number of rotatable bonds is 4. The van der Waals surface area contributed by atoms with Gasteiger partial charge in [-0.1, -0.05) is 127 Å². The topological polar surface area (TPSA) is 28.7 Å². The van der Waals surface area contributed by atoms with Crippen LogP contribution >= 0.6 is 0 Å². The molecule has 0 aliphatic rings. The first-order valence-electron chi connectivity index (χ1n) is 16.7. The van der Waals surface area contributed by atoms with Crippen LogP contribution in [-0.2, 0) is 0 Å². The van der Waals surface area contributed by atoms with E-state index >= 15 is 0 Å². The van der Waals surface area contributed by atoms with Crippen molar-refractivity contribution in [2.75, 3.05) is 0 Å². The van der Waals surface area contributed by atoms with Crippen molar-refractivity contribution in [1.82, 2.24) is 4.57 Å². The summed E-state index contributed by atoms with van der Waals surface area (Å²) in [4.78, 5) is 0. The van der Waals surface area contributed by atoms with E-state index in [1.54, 1.807) is 0 Å². The fraction of sp³-hybridized carbons (Fsp3) is 0. The summed E-state index contributed by atoms with van der Waals surface area (Å²) >= 11 is 0. The van der Waals surface area contributed by atoms with E-state index in [2.05, 4.69) is 162 Å². The van der Waals surface area contributed by atoms with Crippen molar-refractivity contribution < 1.29 is 0 Å². The third-order valence-corrected chi connectivity index (χ3v) is 10.2. The zero-order chi connectivity index (χ0) is 32.5. The van der Waals surface area contributed by atoms with E-state index in [0.717, 1.165) is 38.6 Å². The highest BCUT2D eigenvalue weighted by Crippen LogP contribution is 2.43. The van der Waals surface area contributed by atoms with Crippen molar-refractivity contribution >= 4 is 54.1 Å². The molecular weight excluding hydrogens is 593 g/mol. The minimum atomic E-state index is 0.666. The smallest absolute Gasteiger partial charge is 0.0991 e. The Hall–Kier alpha value is -6.69. The molecular formula is C47H28N2. The molecule has 0 bridgehead atoms. The van der Waals surface area contributed by atoms with Crippen LogP contribution in [0.2, 0.25) is 0 Å². The summed E-state index contributed by atoms with van der Waals surface area (Å²) in [6.07, 6.45) is 0. The minimum Gasteiger partial charge on any atom is -0.309 e. The molecule has 0 N–H and O–H groups in total. The molecule has 0 saturated carbocycles. The molecule has 10 aromatic rings. The molecule has 0 amide bonds. The van der Waals surface area contributed by atoms with Gasteiger partial charge in [-0.2, -0.15) is 5.26 Å². The van der Waals surface area contributed by atoms with Gasteiger partial charge in [0.05, 0.1) is 22.7 Å². The van der Waals surface area contributed by atoms with Crippen molar-refractivity contribution in [1.29, 1.82) is 5.26 Å². The van der Waals surface area contributed by atoms with Gasteiger partial charge in [-0.3, -0.25) is 0 Å². The van der Waals surface area contributed by atoms with Crippen LogP contribution in [0.1, 0.15) is 5.56 Å². The van der Waals surface area contributed by atoms with E-state index in [-0.39, 0.29) is 0 Å². The van der Waals surface area contributed by atoms with E-state index in [1.165, 1.54) is 54.6 Å². The summed E-state index contributed by atoms with van der Waals surface area (Å²) in [6.45, 7) is 0. The third kappa shape index (κ3) is 4.20. The maximum Gasteiger partial charge on any atom is 0.0991 e. The van der Waals surface area contributed by atoms with Crippen LogP contribution in [0.4, 0.5) is 0 Å². The lowest BCUT2D eigenvalue weighted by molar-refractivity contribution is 1.18. The molecule has 0 aliphatic heterocycles. The van der Waals surface area contributed by atoms with Crippen molar-refractivity contribution in [2.45, 2.75) is 0 Å². The zero-order valence-electron chi connectivity index (χ0n) is 26.6. The molecule has 0 unspecified atom stereocenters. The molecule has 1 aromatic heterocycles. The second-order valence-electron chi connectivity index (χ2n) is 12.8. The van der Waals surface area contributed by atoms with Crippen LogP contribution in [0.25, 0.3) is 93.2 Å². The summed E-state index contributed by atoms with van der Waals surface area (Å²) in [7, 11) is 0. The summed E-state index contributed by atoms with van der Waals surface area (Å²) in [5.74, 6) is 0. The van der Waals surface area contributed by atoms with E-state index in [4.69, 9.17) is 0 Å². The minimum absolute atomic E-state index is 0.666. The molecule has 0 saturated heterocycles. The third-order valence-electron chi connectivity index (χ3n) is 10.2. The summed E-state index contributed by atoms with van der Waals surface area (Å²) in [5.41, 5.74) is 11.3. The maximum atomic E-state index is 9.69. The predicted octanol–water partition coefficient (Wildman–Crippen LogP) is 12.6. The molecule has 9 aromatic carbocycles. The maximum absolute atomic E-state index is 9.69. The van der Waals surface area contributed by atoms with Crippen LogP contribution in [0.5, 0.6) is 0 Å². The van der Waals surface area contributed by atoms with E-state index < -0.39 is 0 Å². The van der Waals surface area contributed by atoms with Crippen molar-refractivity contribution in [3.8, 4) is 45.1 Å². The molecule has 10 rings (SSSR count). The lowest BCUT2D eigenvalue weighted by Crippen LogP contribution is -1.93. The van der Waals surface area contributed by atoms with Crippen LogP contribution in [0.3, 0.4) is 0 Å². The highest BCUT2D eigenvalue weighted by molar-refractivity contribution is 6.27. The predicted molar refractivity (Wildman–Crippen MR) is 206 cm³/mol. The van der Waals surface area contributed by atoms with Gasteiger partial charge < -0.3 is 4.57 Å². The fourth-order valence-corrected chi connectivity index (χ4v) is 7.89. The summed E-state index contributed by atoms with van der Waals surface area (Å²) < 4.78 is 2.29. The van der Waals surface area contributed by atoms with E-state index in [9.17, 15) is 5.26 Å². The lowest BCUT2D eigenvalue weighted by Gasteiger charge is -2.16. The van der Waals surface area contributed by atoms with Crippen molar-refractivity contribution in [2.24, 2.45) is 0 Å². The molecule has 0 fully saturated rings. The average Bonchev–Trinajstić information content (AvgIpc) is 3.50. The van der Waals surface area contributed by atoms with Gasteiger partial charge in [0.25, 0.3) is 0 Å². The first-order valence-corrected chi connectivity index (χ1v) is 16.7. The Morgan fingerprint density at radius 3 is 1.53 bits per heavy atom. The van der Waals surface area contributed by atoms with Crippen LogP contribution in [-0.4, -0.2) is 4.57 Å². The number of aromatic nitrogens is 1. The Balaban J connectivity index is 1.10. The Kier molecular flexibility index (Phi) is 5.97. The molecule has 49 heavy (non-hydrogen) atoms. The average molecular weight is 621 g/mol. The van der Waals surface area contributed by atoms with Crippen LogP contribution < -0.4 is 0 Å². The second-order valence-corrected chi connectivity index (χ2v) is 12.8. The van der Waals surface area contributed by atoms with Crippen molar-refractivity contribution in [3.05, 3.63) is 175 Å². The Morgan fingerprint density at radius 1 is 0.388 bits per heavy atom. The number of nitrogens with zero attached hydrogens (tertiary/aromatic N) is 2. The Bertz CT molecular complexity index is 2910. The number of para-hydroxylation sites is 1. The molecule has 2 nitrogen and oxygen atoms in total. The molecule has 0 radical (unpaired) electrons. The van der Waals surface area contributed by atoms with Gasteiger partial charge in [-0.25, -0.2) is 0 Å². The number of fused-ring (bicyclic) bond motifs is 3. The number of hydrogen-bond acceptors (Lipinski definition) is 1. The molecule has 0 atom stereocenters. The van der Waals surface area contributed by atoms with Gasteiger partial charge in [0.2, 0.25) is 0 Å². The van der Waals surface area contributed by atoms with Gasteiger partial charge in [-0.15, -0.1) is 0 Å². The standard InChI is InChI=1S/C47H28N2/c48-29-30-11-25-44-42(27-30)43-28-36(20-26-45(43)49(44)37-9-5-2-6-10-37)31-12-14-33(15-13-31)39-22-17-35-18-23-40-38(32-7-3-1-4-8-32)21-16-34-19-24-41(39)47(35)46(34)40/h1-28H. The van der Waals surface area contributed by atoms with Gasteiger partial charge >= 0.3 is 0 Å². The molecule has 0 spiro atoms. The first-order chi connectivity index (χ1) is 24.2.